The molecule has 3 rings (SSSR count). The average Bonchev–Trinajstić information content (AvgIpc) is 3.09. The largest absolute Gasteiger partial charge is 0.673 e. The van der Waals surface area contributed by atoms with E-state index in [0.717, 1.165) is 24.6 Å². The summed E-state index contributed by atoms with van der Waals surface area (Å²) in [5, 5.41) is 0. The van der Waals surface area contributed by atoms with Crippen LogP contribution in [0.2, 0.25) is 0 Å². The summed E-state index contributed by atoms with van der Waals surface area (Å²) in [5.41, 5.74) is 0. The first-order valence-electron chi connectivity index (χ1n) is 16.2. The molecule has 0 unspecified atom stereocenters. The van der Waals surface area contributed by atoms with Crippen molar-refractivity contribution in [2.45, 2.75) is 13.1 Å². The molecule has 0 saturated carbocycles. The first-order valence-corrected chi connectivity index (χ1v) is 16.2. The molecule has 0 radical (unpaired) electrons. The van der Waals surface area contributed by atoms with Crippen LogP contribution >= 0.6 is 0 Å². The molecule has 2 aromatic rings. The van der Waals surface area contributed by atoms with Gasteiger partial charge in [0.15, 0.2) is 24.8 Å². The number of nitrogens with zero attached hydrogens (tertiary/aromatic N) is 2. The fraction of sp³-hybridized carbons (Fsp3) is 0.667. The minimum Gasteiger partial charge on any atom is -0.496 e. The number of methoxy groups -OCH3 is 2. The van der Waals surface area contributed by atoms with E-state index >= 15 is 0 Å². The summed E-state index contributed by atoms with van der Waals surface area (Å²) >= 11 is 0. The molecule has 0 bridgehead atoms. The summed E-state index contributed by atoms with van der Waals surface area (Å²) in [6, 6.07) is 7.83. The summed E-state index contributed by atoms with van der Waals surface area (Å²) in [4.78, 5) is 0. The zero-order valence-corrected chi connectivity index (χ0v) is 29.5. The molecule has 12 nitrogen and oxygen atoms in total. The van der Waals surface area contributed by atoms with Gasteiger partial charge in [-0.25, -0.2) is 0 Å². The number of aryl methyl sites for hydroxylation is 2. The monoisotopic (exact) mass is 772 g/mol. The lowest BCUT2D eigenvalue weighted by Crippen LogP contribution is -2.43. The Balaban J connectivity index is 0.000000809. The standard InChI is InChI=1S/C16H32O8.C14H18N2O2.2BF4/c1-2-18-5-6-20-9-10-22-13-14-24-16-15-23-12-11-21-8-7-19-4-3-17-1;1-17-13-3-7-15(8-4-13)11-12-16-9-5-14(18-2)6-10-16;2*2-1(3,4)5/h1-16H2;3-10H,11-12H2,1-2H3;;/q;+2;2*-1. The van der Waals surface area contributed by atoms with Gasteiger partial charge in [-0.3, -0.25) is 0 Å². The van der Waals surface area contributed by atoms with Gasteiger partial charge in [0.2, 0.25) is 13.1 Å². The molecule has 52 heavy (non-hydrogen) atoms. The number of hydrogen-bond acceptors (Lipinski definition) is 10. The molecule has 2 aromatic heterocycles. The maximum atomic E-state index is 9.75. The molecule has 1 fully saturated rings. The fourth-order valence-electron chi connectivity index (χ4n) is 3.45. The number of halogens is 8. The van der Waals surface area contributed by atoms with Crippen LogP contribution in [0.25, 0.3) is 0 Å². The highest BCUT2D eigenvalue weighted by molar-refractivity contribution is 6.50. The molecule has 0 amide bonds. The Bertz CT molecular complexity index is 887. The second-order valence-corrected chi connectivity index (χ2v) is 9.84. The van der Waals surface area contributed by atoms with Gasteiger partial charge in [0, 0.05) is 24.3 Å². The van der Waals surface area contributed by atoms with Crippen LogP contribution in [0.5, 0.6) is 11.5 Å². The predicted molar refractivity (Wildman–Crippen MR) is 173 cm³/mol. The second kappa shape index (κ2) is 32.8. The minimum absolute atomic E-state index is 0.556. The first-order chi connectivity index (χ1) is 24.8. The van der Waals surface area contributed by atoms with Crippen LogP contribution in [0.4, 0.5) is 34.5 Å². The summed E-state index contributed by atoms with van der Waals surface area (Å²) in [5.74, 6) is 1.76. The molecular weight excluding hydrogens is 722 g/mol. The zero-order valence-electron chi connectivity index (χ0n) is 29.5. The van der Waals surface area contributed by atoms with Crippen molar-refractivity contribution in [3.05, 3.63) is 49.1 Å². The van der Waals surface area contributed by atoms with Crippen LogP contribution in [0, 0.1) is 0 Å². The Morgan fingerprint density at radius 2 is 0.558 bits per heavy atom. The molecule has 0 aromatic carbocycles. The van der Waals surface area contributed by atoms with Crippen molar-refractivity contribution in [1.82, 2.24) is 0 Å². The maximum Gasteiger partial charge on any atom is 0.673 e. The van der Waals surface area contributed by atoms with Crippen molar-refractivity contribution in [3.63, 3.8) is 0 Å². The van der Waals surface area contributed by atoms with E-state index < -0.39 is 14.5 Å². The predicted octanol–water partition coefficient (Wildman–Crippen LogP) is 3.71. The summed E-state index contributed by atoms with van der Waals surface area (Å²) in [7, 11) is -8.65. The lowest BCUT2D eigenvalue weighted by molar-refractivity contribution is -0.778. The fourth-order valence-corrected chi connectivity index (χ4v) is 3.45. The number of pyridine rings is 2. The molecule has 3 heterocycles. The summed E-state index contributed by atoms with van der Waals surface area (Å²) in [6.45, 7) is 10.7. The van der Waals surface area contributed by atoms with E-state index in [1.54, 1.807) is 14.2 Å². The minimum atomic E-state index is -6.00. The van der Waals surface area contributed by atoms with Crippen LogP contribution < -0.4 is 18.6 Å². The highest BCUT2D eigenvalue weighted by atomic mass is 19.5. The van der Waals surface area contributed by atoms with Crippen molar-refractivity contribution < 1.29 is 91.0 Å². The highest BCUT2D eigenvalue weighted by Gasteiger charge is 2.21. The van der Waals surface area contributed by atoms with Crippen LogP contribution in [-0.4, -0.2) is 134 Å². The Morgan fingerprint density at radius 1 is 0.404 bits per heavy atom. The SMILES string of the molecule is C1COCCOCCOCCOCCOCCOCCOCCO1.COc1cc[n+](CC[n+]2ccc(OC)cc2)cc1.F[B-](F)(F)F.F[B-](F)(F)F. The van der Waals surface area contributed by atoms with Gasteiger partial charge in [0.05, 0.1) is 120 Å². The van der Waals surface area contributed by atoms with Gasteiger partial charge in [-0.15, -0.1) is 0 Å². The van der Waals surface area contributed by atoms with Gasteiger partial charge in [-0.1, -0.05) is 0 Å². The lowest BCUT2D eigenvalue weighted by Gasteiger charge is -2.09. The quantitative estimate of drug-likeness (QED) is 0.254. The van der Waals surface area contributed by atoms with Gasteiger partial charge in [-0.05, 0) is 0 Å². The molecule has 0 atom stereocenters. The van der Waals surface area contributed by atoms with E-state index in [9.17, 15) is 34.5 Å². The topological polar surface area (TPSA) is 100 Å². The van der Waals surface area contributed by atoms with E-state index in [1.165, 1.54) is 0 Å². The van der Waals surface area contributed by atoms with E-state index in [1.807, 2.05) is 49.1 Å². The van der Waals surface area contributed by atoms with Crippen LogP contribution in [0.1, 0.15) is 0 Å². The highest BCUT2D eigenvalue weighted by Crippen LogP contribution is 2.07. The lowest BCUT2D eigenvalue weighted by atomic mass is 10.3. The van der Waals surface area contributed by atoms with Crippen molar-refractivity contribution >= 4 is 14.5 Å². The Morgan fingerprint density at radius 3 is 0.692 bits per heavy atom. The van der Waals surface area contributed by atoms with Gasteiger partial charge < -0.3 is 81.9 Å². The van der Waals surface area contributed by atoms with E-state index in [0.29, 0.717) is 106 Å². The van der Waals surface area contributed by atoms with Crippen molar-refractivity contribution in [2.75, 3.05) is 120 Å². The number of hydrogen-bond donors (Lipinski definition) is 0. The molecule has 22 heteroatoms. The molecule has 1 aliphatic heterocycles. The first kappa shape index (κ1) is 49.1. The number of ether oxygens (including phenoxy) is 10. The third-order valence-electron chi connectivity index (χ3n) is 5.78. The van der Waals surface area contributed by atoms with Gasteiger partial charge in [0.25, 0.3) is 0 Å². The Labute approximate surface area is 299 Å². The van der Waals surface area contributed by atoms with Crippen LogP contribution in [0.3, 0.4) is 0 Å². The summed E-state index contributed by atoms with van der Waals surface area (Å²) in [6.07, 6.45) is 8.07. The van der Waals surface area contributed by atoms with Crippen LogP contribution in [-0.2, 0) is 51.0 Å². The van der Waals surface area contributed by atoms with Crippen molar-refractivity contribution in [3.8, 4) is 11.5 Å². The second-order valence-electron chi connectivity index (χ2n) is 9.84. The Kier molecular flexibility index (Phi) is 31.0. The molecular formula is C30H50B2F8N2O10. The van der Waals surface area contributed by atoms with E-state index in [4.69, 9.17) is 47.4 Å². The smallest absolute Gasteiger partial charge is 0.496 e. The number of aromatic nitrogens is 2. The average molecular weight is 772 g/mol. The molecule has 0 aliphatic carbocycles. The summed E-state index contributed by atoms with van der Waals surface area (Å²) < 4.78 is 136. The van der Waals surface area contributed by atoms with Gasteiger partial charge >= 0.3 is 14.5 Å². The molecule has 0 spiro atoms. The number of rotatable bonds is 5. The van der Waals surface area contributed by atoms with Crippen molar-refractivity contribution in [2.24, 2.45) is 0 Å². The maximum absolute atomic E-state index is 9.75. The molecule has 1 saturated heterocycles. The van der Waals surface area contributed by atoms with E-state index in [-0.39, 0.29) is 0 Å². The van der Waals surface area contributed by atoms with E-state index in [2.05, 4.69) is 9.13 Å². The third kappa shape index (κ3) is 39.9. The zero-order chi connectivity index (χ0) is 38.8. The normalized spacial score (nSPS) is 16.9. The Hall–Kier alpha value is -2.85. The molecule has 0 N–H and O–H groups in total. The van der Waals surface area contributed by atoms with Crippen molar-refractivity contribution in [1.29, 1.82) is 0 Å². The van der Waals surface area contributed by atoms with Gasteiger partial charge in [-0.2, -0.15) is 9.13 Å². The third-order valence-corrected chi connectivity index (χ3v) is 5.78. The van der Waals surface area contributed by atoms with Gasteiger partial charge in [0.1, 0.15) is 11.5 Å². The van der Waals surface area contributed by atoms with Crippen LogP contribution in [0.15, 0.2) is 49.1 Å². The molecule has 1 aliphatic rings. The molecule has 302 valence electrons.